The van der Waals surface area contributed by atoms with E-state index in [0.29, 0.717) is 35.3 Å². The Labute approximate surface area is 786 Å². The molecule has 0 aliphatic heterocycles. The molecule has 0 saturated carbocycles. The maximum absolute atomic E-state index is 6.17. The smallest absolute Gasteiger partial charge is 0.248 e. The van der Waals surface area contributed by atoms with Crippen LogP contribution in [0.5, 0.6) is 0 Å². The second-order valence-electron chi connectivity index (χ2n) is 34.3. The first-order valence-electron chi connectivity index (χ1n) is 45.9. The average molecular weight is 1750 g/mol. The number of nitrogens with zero attached hydrogens (tertiary/aromatic N) is 9. The number of benzene rings is 19. The van der Waals surface area contributed by atoms with Gasteiger partial charge in [0, 0.05) is 82.8 Å². The Bertz CT molecular complexity index is 8320. The Balaban J connectivity index is 0.000000115. The number of hydrogen-bond acceptors (Lipinski definition) is 9. The van der Waals surface area contributed by atoms with Crippen molar-refractivity contribution in [3.63, 3.8) is 0 Å². The van der Waals surface area contributed by atoms with E-state index in [2.05, 4.69) is 478 Å². The summed E-state index contributed by atoms with van der Waals surface area (Å²) in [6.07, 6.45) is 0.996. The monoisotopic (exact) mass is 1750 g/mol. The highest BCUT2D eigenvalue weighted by atomic mass is 16.4. The van der Waals surface area contributed by atoms with Crippen molar-refractivity contribution in [1.29, 1.82) is 0 Å². The summed E-state index contributed by atoms with van der Waals surface area (Å²) in [6, 6.07) is 162. The minimum Gasteiger partial charge on any atom is -0.416 e. The zero-order chi connectivity index (χ0) is 90.9. The molecule has 0 amide bonds. The zero-order valence-electron chi connectivity index (χ0n) is 74.8. The van der Waals surface area contributed by atoms with E-state index < -0.39 is 0 Å². The van der Waals surface area contributed by atoms with Gasteiger partial charge in [0.2, 0.25) is 35.3 Å². The minimum absolute atomic E-state index is 0.492. The van der Waals surface area contributed by atoms with Crippen LogP contribution in [0.4, 0.5) is 0 Å². The quantitative estimate of drug-likeness (QED) is 0.0874. The van der Waals surface area contributed by atoms with Crippen molar-refractivity contribution >= 4 is 65.4 Å². The first kappa shape index (κ1) is 82.4. The molecule has 0 aliphatic carbocycles. The summed E-state index contributed by atoms with van der Waals surface area (Å²) in [5.74, 6) is 3.05. The van der Waals surface area contributed by atoms with E-state index in [1.165, 1.54) is 121 Å². The van der Waals surface area contributed by atoms with Crippen LogP contribution in [0.1, 0.15) is 23.6 Å². The van der Waals surface area contributed by atoms with E-state index in [9.17, 15) is 0 Å². The van der Waals surface area contributed by atoms with E-state index >= 15 is 0 Å². The molecule has 0 N–H and O–H groups in total. The second-order valence-corrected chi connectivity index (χ2v) is 34.3. The molecule has 25 aromatic rings. The van der Waals surface area contributed by atoms with Crippen molar-refractivity contribution < 1.29 is 13.3 Å². The van der Waals surface area contributed by atoms with E-state index in [0.717, 1.165) is 95.5 Å². The Morgan fingerprint density at radius 2 is 0.331 bits per heavy atom. The van der Waals surface area contributed by atoms with Crippen molar-refractivity contribution in [2.24, 2.45) is 0 Å². The predicted molar refractivity (Wildman–Crippen MR) is 555 cm³/mol. The van der Waals surface area contributed by atoms with Gasteiger partial charge in [-0.2, -0.15) is 0 Å². The molecule has 0 saturated heterocycles. The number of rotatable bonds is 17. The van der Waals surface area contributed by atoms with E-state index in [1.54, 1.807) is 0 Å². The molecule has 19 aromatic carbocycles. The molecule has 12 heteroatoms. The highest BCUT2D eigenvalue weighted by Crippen LogP contribution is 2.44. The predicted octanol–water partition coefficient (Wildman–Crippen LogP) is 32.4. The average Bonchev–Trinajstić information content (AvgIpc) is 1.59. The molecule has 12 nitrogen and oxygen atoms in total. The first-order valence-corrected chi connectivity index (χ1v) is 45.9. The van der Waals surface area contributed by atoms with Crippen LogP contribution in [-0.4, -0.2) is 44.3 Å². The largest absolute Gasteiger partial charge is 0.416 e. The van der Waals surface area contributed by atoms with Crippen molar-refractivity contribution in [1.82, 2.24) is 44.3 Å². The molecule has 0 unspecified atom stereocenters. The molecule has 136 heavy (non-hydrogen) atoms. The lowest BCUT2D eigenvalue weighted by molar-refractivity contribution is 0.584. The Morgan fingerprint density at radius 3 is 0.537 bits per heavy atom. The lowest BCUT2D eigenvalue weighted by Gasteiger charge is -2.09. The Kier molecular flexibility index (Phi) is 21.8. The van der Waals surface area contributed by atoms with Gasteiger partial charge >= 0.3 is 0 Å². The summed E-state index contributed by atoms with van der Waals surface area (Å²) in [7, 11) is 0. The van der Waals surface area contributed by atoms with Gasteiger partial charge < -0.3 is 27.0 Å². The molecule has 6 aromatic heterocycles. The summed E-state index contributed by atoms with van der Waals surface area (Å²) in [5.41, 5.74) is 36.0. The van der Waals surface area contributed by atoms with Gasteiger partial charge in [-0.25, -0.2) is 0 Å². The summed E-state index contributed by atoms with van der Waals surface area (Å²) in [5, 5.41) is 33.4. The third kappa shape index (κ3) is 16.3. The van der Waals surface area contributed by atoms with Crippen LogP contribution in [0.3, 0.4) is 0 Å². The lowest BCUT2D eigenvalue weighted by atomic mass is 10.0. The molecular weight excluding hydrogens is 1660 g/mol. The molecule has 0 aliphatic rings. The summed E-state index contributed by atoms with van der Waals surface area (Å²) >= 11 is 0. The molecule has 0 bridgehead atoms. The maximum atomic E-state index is 6.17. The van der Waals surface area contributed by atoms with Gasteiger partial charge in [-0.1, -0.05) is 297 Å². The molecule has 6 heterocycles. The van der Waals surface area contributed by atoms with E-state index in [1.807, 2.05) is 48.5 Å². The maximum Gasteiger partial charge on any atom is 0.248 e. The number of fused-ring (bicyclic) bond motifs is 9. The van der Waals surface area contributed by atoms with Gasteiger partial charge in [-0.15, -0.1) is 30.6 Å². The normalized spacial score (nSPS) is 11.4. The summed E-state index contributed by atoms with van der Waals surface area (Å²) < 4.78 is 25.3. The van der Waals surface area contributed by atoms with Gasteiger partial charge in [0.15, 0.2) is 0 Å². The van der Waals surface area contributed by atoms with Crippen LogP contribution in [0.2, 0.25) is 0 Å². The molecule has 0 radical (unpaired) electrons. The zero-order valence-corrected chi connectivity index (χ0v) is 74.8. The van der Waals surface area contributed by atoms with Gasteiger partial charge in [-0.05, 0) is 286 Å². The van der Waals surface area contributed by atoms with E-state index in [4.69, 9.17) is 13.3 Å². The molecule has 0 atom stereocenters. The third-order valence-corrected chi connectivity index (χ3v) is 25.8. The second kappa shape index (κ2) is 36.0. The first-order chi connectivity index (χ1) is 67.1. The number of aromatic nitrogens is 9. The van der Waals surface area contributed by atoms with Crippen molar-refractivity contribution in [2.75, 3.05) is 0 Å². The topological polar surface area (TPSA) is 132 Å². The van der Waals surface area contributed by atoms with Crippen LogP contribution in [0.15, 0.2) is 474 Å². The fraction of sp³-hybridized carbons (Fsp3) is 0.0323. The standard InChI is InChI=1S/C45H31N3O.C40H29N3O.C39H27N3O/c1-30-12-14-33(15-13-30)34-16-18-35(19-17-34)44-46-47-45(49-44)36-20-24-39(25-21-36)48-42-26-22-37(31-8-4-2-5-9-31)28-40(42)41-29-38(23-27-43(41)48)32-10-6-3-7-11-32;1-2-27-13-15-30(16-14-27)39-41-42-40(44-39)31-17-21-34(22-18-31)43-37-23-19-32(28-9-5-3-6-10-28)25-35(37)36-26-33(20-24-38(36)43)29-11-7-4-8-12-29;1-26-12-14-29(15-13-26)38-40-41-39(43-38)30-16-20-33(21-17-30)42-36-22-18-31(27-8-4-2-5-9-27)24-34(36)35-25-32(19-23-37(35)42)28-10-6-3-7-11-28/h2-29H,1H3;3-26H,2H2,1H3;2-25H,1H3. The van der Waals surface area contributed by atoms with Crippen molar-refractivity contribution in [3.8, 4) is 164 Å². The summed E-state index contributed by atoms with van der Waals surface area (Å²) in [4.78, 5) is 0. The highest BCUT2D eigenvalue weighted by molar-refractivity contribution is 6.14. The molecular formula is C124H87N9O3. The van der Waals surface area contributed by atoms with Crippen LogP contribution < -0.4 is 0 Å². The minimum atomic E-state index is 0.492. The fourth-order valence-corrected chi connectivity index (χ4v) is 18.5. The molecule has 25 rings (SSSR count). The van der Waals surface area contributed by atoms with Crippen LogP contribution in [0, 0.1) is 13.8 Å². The van der Waals surface area contributed by atoms with Crippen LogP contribution in [-0.2, 0) is 6.42 Å². The third-order valence-electron chi connectivity index (χ3n) is 25.8. The number of aryl methyl sites for hydroxylation is 3. The van der Waals surface area contributed by atoms with Gasteiger partial charge in [0.05, 0.1) is 33.1 Å². The highest BCUT2D eigenvalue weighted by Gasteiger charge is 2.23. The van der Waals surface area contributed by atoms with Crippen LogP contribution in [0.25, 0.3) is 229 Å². The summed E-state index contributed by atoms with van der Waals surface area (Å²) in [6.45, 7) is 6.31. The van der Waals surface area contributed by atoms with Gasteiger partial charge in [0.1, 0.15) is 0 Å². The number of hydrogen-bond donors (Lipinski definition) is 0. The Hall–Kier alpha value is -18.0. The van der Waals surface area contributed by atoms with Crippen molar-refractivity contribution in [2.45, 2.75) is 27.2 Å². The van der Waals surface area contributed by atoms with Crippen molar-refractivity contribution in [3.05, 3.63) is 478 Å². The molecule has 646 valence electrons. The fourth-order valence-electron chi connectivity index (χ4n) is 18.5. The molecule has 0 spiro atoms. The van der Waals surface area contributed by atoms with Crippen LogP contribution >= 0.6 is 0 Å². The SMILES string of the molecule is CCc1ccc(-c2nnc(-c3ccc(-n4c5ccc(-c6ccccc6)cc5c5cc(-c6ccccc6)ccc54)cc3)o2)cc1.Cc1ccc(-c2ccc(-c3nnc(-c4ccc(-n5c6ccc(-c7ccccc7)cc6c6cc(-c7ccccc7)ccc65)cc4)o3)cc2)cc1.Cc1ccc(-c2nnc(-c3ccc(-n4c5ccc(-c6ccccc6)cc5c5cc(-c6ccccc6)ccc54)cc3)o2)cc1. The van der Waals surface area contributed by atoms with Gasteiger partial charge in [-0.3, -0.25) is 0 Å². The molecule has 0 fully saturated rings. The van der Waals surface area contributed by atoms with E-state index in [-0.39, 0.29) is 0 Å². The lowest BCUT2D eigenvalue weighted by Crippen LogP contribution is -1.94. The van der Waals surface area contributed by atoms with Gasteiger partial charge in [0.25, 0.3) is 0 Å². The Morgan fingerprint density at radius 1 is 0.169 bits per heavy atom.